The van der Waals surface area contributed by atoms with Gasteiger partial charge in [-0.05, 0) is 50.2 Å². The molecule has 0 aliphatic carbocycles. The molecule has 9 heteroatoms. The minimum atomic E-state index is -0.844. The van der Waals surface area contributed by atoms with Crippen molar-refractivity contribution < 1.29 is 19.1 Å². The van der Waals surface area contributed by atoms with Gasteiger partial charge in [0.05, 0.1) is 19.4 Å². The summed E-state index contributed by atoms with van der Waals surface area (Å²) in [6, 6.07) is 7.83. The quantitative estimate of drug-likeness (QED) is 0.705. The minimum Gasteiger partial charge on any atom is -0.465 e. The minimum absolute atomic E-state index is 0.247. The number of esters is 2. The zero-order valence-electron chi connectivity index (χ0n) is 15.8. The lowest BCUT2D eigenvalue weighted by atomic mass is 10.2. The summed E-state index contributed by atoms with van der Waals surface area (Å²) >= 11 is 2.58. The highest BCUT2D eigenvalue weighted by molar-refractivity contribution is 8.28. The fourth-order valence-electron chi connectivity index (χ4n) is 2.80. The number of benzene rings is 1. The number of nitrogens with zero attached hydrogens (tertiary/aromatic N) is 3. The molecule has 0 N–H and O–H groups in total. The monoisotopic (exact) mass is 407 g/mol. The first-order valence-corrected chi connectivity index (χ1v) is 10.0. The molecular weight excluding hydrogens is 386 g/mol. The van der Waals surface area contributed by atoms with E-state index in [9.17, 15) is 9.59 Å². The van der Waals surface area contributed by atoms with Gasteiger partial charge in [-0.3, -0.25) is 0 Å². The zero-order chi connectivity index (χ0) is 19.8. The lowest BCUT2D eigenvalue weighted by Crippen LogP contribution is -2.47. The number of carbonyl (C=O) groups is 2. The third-order valence-corrected chi connectivity index (χ3v) is 7.28. The highest BCUT2D eigenvalue weighted by Crippen LogP contribution is 2.58. The summed E-state index contributed by atoms with van der Waals surface area (Å²) < 4.78 is 9.23. The van der Waals surface area contributed by atoms with Crippen LogP contribution in [-0.4, -0.2) is 47.0 Å². The number of allylic oxidation sites excluding steroid dienone is 1. The Morgan fingerprint density at radius 1 is 1.22 bits per heavy atom. The molecule has 2 aliphatic rings. The Hall–Kier alpha value is -2.13. The van der Waals surface area contributed by atoms with Crippen LogP contribution in [-0.2, 0) is 19.1 Å². The Bertz CT molecular complexity index is 855. The number of ether oxygens (including phenoxy) is 2. The molecule has 0 saturated carbocycles. The SMILES string of the molecule is CCOC(=O)C1=NN(c2cccc(C)c2)[C@@]2(S1)SC(C(=O)OC)=C(C)N2C. The van der Waals surface area contributed by atoms with E-state index in [0.717, 1.165) is 16.9 Å². The van der Waals surface area contributed by atoms with Crippen molar-refractivity contribution in [1.29, 1.82) is 0 Å². The van der Waals surface area contributed by atoms with Crippen molar-refractivity contribution >= 4 is 46.2 Å². The second-order valence-electron chi connectivity index (χ2n) is 5.99. The summed E-state index contributed by atoms with van der Waals surface area (Å²) in [5, 5.41) is 6.57. The molecule has 0 radical (unpaired) electrons. The standard InChI is InChI=1S/C18H21N3O4S2/c1-6-25-17(23)15-19-21(13-9-7-8-11(2)10-13)18(27-15)20(4)12(3)14(26-18)16(22)24-5/h7-10H,6H2,1-5H3/t18-/m1/s1. The number of hydrogen-bond acceptors (Lipinski definition) is 9. The number of thioether (sulfide) groups is 2. The maximum atomic E-state index is 12.4. The lowest BCUT2D eigenvalue weighted by molar-refractivity contribution is -0.135. The molecule has 2 heterocycles. The van der Waals surface area contributed by atoms with E-state index in [4.69, 9.17) is 9.47 Å². The van der Waals surface area contributed by atoms with E-state index in [1.165, 1.54) is 30.6 Å². The average molecular weight is 408 g/mol. The smallest absolute Gasteiger partial charge is 0.365 e. The van der Waals surface area contributed by atoms with E-state index >= 15 is 0 Å². The van der Waals surface area contributed by atoms with Gasteiger partial charge in [0.15, 0.2) is 0 Å². The number of hydrazone groups is 1. The van der Waals surface area contributed by atoms with Crippen LogP contribution in [0.15, 0.2) is 40.0 Å². The van der Waals surface area contributed by atoms with Gasteiger partial charge in [0.25, 0.3) is 0 Å². The second-order valence-corrected chi connectivity index (χ2v) is 8.59. The molecule has 27 heavy (non-hydrogen) atoms. The molecule has 0 bridgehead atoms. The van der Waals surface area contributed by atoms with Gasteiger partial charge in [-0.2, -0.15) is 5.10 Å². The van der Waals surface area contributed by atoms with E-state index in [0.29, 0.717) is 4.91 Å². The summed E-state index contributed by atoms with van der Waals surface area (Å²) in [4.78, 5) is 27.0. The average Bonchev–Trinajstić information content (AvgIpc) is 3.16. The fourth-order valence-corrected chi connectivity index (χ4v) is 5.70. The number of hydrogen-bond donors (Lipinski definition) is 0. The molecule has 1 spiro atoms. The zero-order valence-corrected chi connectivity index (χ0v) is 17.4. The van der Waals surface area contributed by atoms with Crippen molar-refractivity contribution in [1.82, 2.24) is 4.90 Å². The third-order valence-electron chi connectivity index (χ3n) is 4.25. The molecule has 0 aromatic heterocycles. The molecular formula is C18H21N3O4S2. The second kappa shape index (κ2) is 7.47. The maximum absolute atomic E-state index is 12.4. The third kappa shape index (κ3) is 3.29. The lowest BCUT2D eigenvalue weighted by Gasteiger charge is -2.39. The topological polar surface area (TPSA) is 71.4 Å². The number of aryl methyl sites for hydroxylation is 1. The van der Waals surface area contributed by atoms with Gasteiger partial charge >= 0.3 is 11.9 Å². The van der Waals surface area contributed by atoms with Crippen LogP contribution >= 0.6 is 23.5 Å². The van der Waals surface area contributed by atoms with Gasteiger partial charge in [0.2, 0.25) is 9.37 Å². The van der Waals surface area contributed by atoms with Crippen LogP contribution in [0.2, 0.25) is 0 Å². The van der Waals surface area contributed by atoms with Crippen molar-refractivity contribution in [3.05, 3.63) is 40.4 Å². The van der Waals surface area contributed by atoms with Gasteiger partial charge in [0.1, 0.15) is 4.91 Å². The van der Waals surface area contributed by atoms with Crippen LogP contribution < -0.4 is 5.01 Å². The summed E-state index contributed by atoms with van der Waals surface area (Å²) in [5.41, 5.74) is 2.65. The fraction of sp³-hybridized carbons (Fsp3) is 0.389. The summed E-state index contributed by atoms with van der Waals surface area (Å²) in [5.74, 6) is -0.884. The molecule has 0 unspecified atom stereocenters. The maximum Gasteiger partial charge on any atom is 0.365 e. The number of methoxy groups -OCH3 is 1. The van der Waals surface area contributed by atoms with Crippen LogP contribution in [0.4, 0.5) is 5.69 Å². The highest BCUT2D eigenvalue weighted by atomic mass is 32.2. The van der Waals surface area contributed by atoms with Crippen molar-refractivity contribution in [3.8, 4) is 0 Å². The first kappa shape index (κ1) is 19.6. The predicted octanol–water partition coefficient (Wildman–Crippen LogP) is 3.12. The van der Waals surface area contributed by atoms with Crippen molar-refractivity contribution in [2.24, 2.45) is 5.10 Å². The van der Waals surface area contributed by atoms with Gasteiger partial charge in [0, 0.05) is 12.7 Å². The van der Waals surface area contributed by atoms with Crippen LogP contribution in [0.5, 0.6) is 0 Å². The molecule has 1 aromatic rings. The number of rotatable bonds is 4. The molecule has 144 valence electrons. The molecule has 0 fully saturated rings. The van der Waals surface area contributed by atoms with Gasteiger partial charge in [-0.15, -0.1) is 0 Å². The Morgan fingerprint density at radius 3 is 2.59 bits per heavy atom. The van der Waals surface area contributed by atoms with Crippen LogP contribution in [0.1, 0.15) is 19.4 Å². The molecule has 3 rings (SSSR count). The molecule has 0 saturated heterocycles. The van der Waals surface area contributed by atoms with Gasteiger partial charge < -0.3 is 14.4 Å². The van der Waals surface area contributed by atoms with E-state index < -0.39 is 16.3 Å². The summed E-state index contributed by atoms with van der Waals surface area (Å²) in [7, 11) is 3.23. The highest BCUT2D eigenvalue weighted by Gasteiger charge is 2.56. The Morgan fingerprint density at radius 2 is 1.96 bits per heavy atom. The van der Waals surface area contributed by atoms with E-state index in [1.54, 1.807) is 11.9 Å². The van der Waals surface area contributed by atoms with Crippen molar-refractivity contribution in [2.75, 3.05) is 25.8 Å². The summed E-state index contributed by atoms with van der Waals surface area (Å²) in [6.45, 7) is 5.86. The van der Waals surface area contributed by atoms with Crippen LogP contribution in [0.3, 0.4) is 0 Å². The molecule has 7 nitrogen and oxygen atoms in total. The largest absolute Gasteiger partial charge is 0.465 e. The van der Waals surface area contributed by atoms with Gasteiger partial charge in [-0.1, -0.05) is 23.9 Å². The first-order valence-electron chi connectivity index (χ1n) is 8.37. The van der Waals surface area contributed by atoms with E-state index in [2.05, 4.69) is 5.10 Å². The van der Waals surface area contributed by atoms with Crippen LogP contribution in [0.25, 0.3) is 0 Å². The number of anilines is 1. The number of carbonyl (C=O) groups excluding carboxylic acids is 2. The molecule has 0 amide bonds. The van der Waals surface area contributed by atoms with Gasteiger partial charge in [-0.25, -0.2) is 14.6 Å². The Kier molecular flexibility index (Phi) is 5.43. The Labute approximate surface area is 166 Å². The summed E-state index contributed by atoms with van der Waals surface area (Å²) in [6.07, 6.45) is 0. The first-order chi connectivity index (χ1) is 12.8. The van der Waals surface area contributed by atoms with Crippen molar-refractivity contribution in [2.45, 2.75) is 25.1 Å². The molecule has 2 aliphatic heterocycles. The molecule has 1 atom stereocenters. The van der Waals surface area contributed by atoms with E-state index in [1.807, 2.05) is 50.1 Å². The molecule has 1 aromatic carbocycles. The van der Waals surface area contributed by atoms with Crippen LogP contribution in [0, 0.1) is 6.92 Å². The predicted molar refractivity (Wildman–Crippen MR) is 108 cm³/mol. The normalized spacial score (nSPS) is 21.7. The Balaban J connectivity index is 2.06. The van der Waals surface area contributed by atoms with E-state index in [-0.39, 0.29) is 11.7 Å². The van der Waals surface area contributed by atoms with Crippen molar-refractivity contribution in [3.63, 3.8) is 0 Å².